The molecule has 0 amide bonds. The number of fused-ring (bicyclic) bond motifs is 1. The number of nitrogens with one attached hydrogen (secondary N) is 1. The van der Waals surface area contributed by atoms with E-state index in [1.807, 2.05) is 12.1 Å². The lowest BCUT2D eigenvalue weighted by atomic mass is 10.1. The molecule has 0 saturated carbocycles. The number of rotatable bonds is 4. The first kappa shape index (κ1) is 13.9. The van der Waals surface area contributed by atoms with Gasteiger partial charge in [-0.2, -0.15) is 0 Å². The summed E-state index contributed by atoms with van der Waals surface area (Å²) >= 11 is 0. The molecule has 5 heteroatoms. The van der Waals surface area contributed by atoms with E-state index in [0.29, 0.717) is 16.5 Å². The maximum atomic E-state index is 11.0. The number of phenolic OH excluding ortho intramolecular Hbond substituents is 1. The zero-order valence-electron chi connectivity index (χ0n) is 11.9. The second-order valence-electron chi connectivity index (χ2n) is 4.78. The molecule has 0 aromatic heterocycles. The molecule has 0 aliphatic heterocycles. The highest BCUT2D eigenvalue weighted by molar-refractivity contribution is 6.01. The van der Waals surface area contributed by atoms with Crippen LogP contribution in [0, 0.1) is 4.91 Å². The highest BCUT2D eigenvalue weighted by Gasteiger charge is 2.12. The van der Waals surface area contributed by atoms with Gasteiger partial charge >= 0.3 is 0 Å². The minimum absolute atomic E-state index is 0.0822. The molecule has 3 aromatic rings. The van der Waals surface area contributed by atoms with E-state index in [2.05, 4.69) is 10.5 Å². The Labute approximate surface area is 127 Å². The van der Waals surface area contributed by atoms with Crippen LogP contribution >= 0.6 is 0 Å². The highest BCUT2D eigenvalue weighted by atomic mass is 16.5. The fraction of sp³-hybridized carbons (Fsp3) is 0.0588. The molecule has 0 spiro atoms. The minimum atomic E-state index is 0.0822. The zero-order valence-corrected chi connectivity index (χ0v) is 11.9. The fourth-order valence-corrected chi connectivity index (χ4v) is 2.34. The maximum Gasteiger partial charge on any atom is 0.146 e. The predicted molar refractivity (Wildman–Crippen MR) is 87.3 cm³/mol. The summed E-state index contributed by atoms with van der Waals surface area (Å²) in [5.74, 6) is 0.822. The van der Waals surface area contributed by atoms with Crippen LogP contribution in [0.3, 0.4) is 0 Å². The van der Waals surface area contributed by atoms with Gasteiger partial charge in [0.05, 0.1) is 12.8 Å². The van der Waals surface area contributed by atoms with Gasteiger partial charge in [-0.15, -0.1) is 4.91 Å². The number of ether oxygens (including phenoxy) is 1. The molecule has 0 radical (unpaired) electrons. The second-order valence-corrected chi connectivity index (χ2v) is 4.78. The van der Waals surface area contributed by atoms with Crippen molar-refractivity contribution in [3.63, 3.8) is 0 Å². The molecule has 3 rings (SSSR count). The third-order valence-electron chi connectivity index (χ3n) is 3.46. The Bertz CT molecular complexity index is 829. The number of nitroso groups, excluding NO2 is 1. The van der Waals surface area contributed by atoms with Gasteiger partial charge in [-0.25, -0.2) is 0 Å². The smallest absolute Gasteiger partial charge is 0.146 e. The Hall–Kier alpha value is -3.08. The van der Waals surface area contributed by atoms with Crippen molar-refractivity contribution < 1.29 is 9.84 Å². The summed E-state index contributed by atoms with van der Waals surface area (Å²) < 4.78 is 5.10. The molecule has 0 bridgehead atoms. The number of aromatic hydroxyl groups is 1. The van der Waals surface area contributed by atoms with Gasteiger partial charge in [-0.1, -0.05) is 24.3 Å². The molecule has 22 heavy (non-hydrogen) atoms. The van der Waals surface area contributed by atoms with Crippen LogP contribution in [-0.4, -0.2) is 12.2 Å². The molecule has 0 aliphatic carbocycles. The van der Waals surface area contributed by atoms with Crippen molar-refractivity contribution in [3.8, 4) is 11.5 Å². The number of anilines is 2. The summed E-state index contributed by atoms with van der Waals surface area (Å²) in [4.78, 5) is 11.0. The SMILES string of the molecule is COc1ccc(Nc2cc(N=O)c3ccccc3c2O)cc1. The van der Waals surface area contributed by atoms with Crippen LogP contribution in [0.1, 0.15) is 0 Å². The number of methoxy groups -OCH3 is 1. The molecule has 0 aliphatic rings. The van der Waals surface area contributed by atoms with E-state index in [1.165, 1.54) is 6.07 Å². The lowest BCUT2D eigenvalue weighted by molar-refractivity contribution is 0.415. The number of benzene rings is 3. The predicted octanol–water partition coefficient (Wildman–Crippen LogP) is 4.70. The van der Waals surface area contributed by atoms with Crippen molar-refractivity contribution in [3.05, 3.63) is 59.5 Å². The van der Waals surface area contributed by atoms with Crippen LogP contribution < -0.4 is 10.1 Å². The average molecular weight is 294 g/mol. The molecule has 0 atom stereocenters. The number of hydrogen-bond acceptors (Lipinski definition) is 5. The topological polar surface area (TPSA) is 70.9 Å². The van der Waals surface area contributed by atoms with Crippen LogP contribution in [-0.2, 0) is 0 Å². The molecule has 5 nitrogen and oxygen atoms in total. The molecule has 3 aromatic carbocycles. The summed E-state index contributed by atoms with van der Waals surface area (Å²) in [5, 5.41) is 17.7. The maximum absolute atomic E-state index is 11.0. The fourth-order valence-electron chi connectivity index (χ4n) is 2.34. The second kappa shape index (κ2) is 5.73. The normalized spacial score (nSPS) is 10.4. The standard InChI is InChI=1S/C17H14N2O3/c1-22-12-8-6-11(7-9-12)18-16-10-15(19-21)13-4-2-3-5-14(13)17(16)20/h2-10,18,20H,1H3. The molecule has 110 valence electrons. The molecule has 0 heterocycles. The van der Waals surface area contributed by atoms with E-state index in [1.54, 1.807) is 43.5 Å². The molecule has 2 N–H and O–H groups in total. The van der Waals surface area contributed by atoms with Crippen molar-refractivity contribution in [2.24, 2.45) is 5.18 Å². The van der Waals surface area contributed by atoms with Crippen LogP contribution in [0.25, 0.3) is 10.8 Å². The Morgan fingerprint density at radius 3 is 2.36 bits per heavy atom. The Kier molecular flexibility index (Phi) is 3.62. The van der Waals surface area contributed by atoms with Gasteiger partial charge in [0.2, 0.25) is 0 Å². The van der Waals surface area contributed by atoms with E-state index in [4.69, 9.17) is 4.74 Å². The van der Waals surface area contributed by atoms with Gasteiger partial charge in [0, 0.05) is 16.5 Å². The lowest BCUT2D eigenvalue weighted by Crippen LogP contribution is -1.92. The Morgan fingerprint density at radius 2 is 1.73 bits per heavy atom. The first-order valence-electron chi connectivity index (χ1n) is 6.72. The van der Waals surface area contributed by atoms with Crippen LogP contribution in [0.5, 0.6) is 11.5 Å². The Morgan fingerprint density at radius 1 is 1.05 bits per heavy atom. The van der Waals surface area contributed by atoms with Crippen molar-refractivity contribution in [2.75, 3.05) is 12.4 Å². The molecular formula is C17H14N2O3. The number of hydrogen-bond donors (Lipinski definition) is 2. The van der Waals surface area contributed by atoms with Crippen molar-refractivity contribution in [1.29, 1.82) is 0 Å². The zero-order chi connectivity index (χ0) is 15.5. The summed E-state index contributed by atoms with van der Waals surface area (Å²) in [7, 11) is 1.60. The van der Waals surface area contributed by atoms with Crippen LogP contribution in [0.4, 0.5) is 17.1 Å². The monoisotopic (exact) mass is 294 g/mol. The minimum Gasteiger partial charge on any atom is -0.505 e. The van der Waals surface area contributed by atoms with Gasteiger partial charge in [0.25, 0.3) is 0 Å². The summed E-state index contributed by atoms with van der Waals surface area (Å²) in [6.45, 7) is 0. The Balaban J connectivity index is 2.06. The number of phenols is 1. The first-order valence-corrected chi connectivity index (χ1v) is 6.72. The van der Waals surface area contributed by atoms with E-state index in [0.717, 1.165) is 11.4 Å². The first-order chi connectivity index (χ1) is 10.7. The molecule has 0 saturated heterocycles. The number of nitrogens with zero attached hydrogens (tertiary/aromatic N) is 1. The summed E-state index contributed by atoms with van der Waals surface area (Å²) in [6, 6.07) is 15.9. The van der Waals surface area contributed by atoms with Crippen LogP contribution in [0.2, 0.25) is 0 Å². The average Bonchev–Trinajstić information content (AvgIpc) is 2.58. The lowest BCUT2D eigenvalue weighted by Gasteiger charge is -2.12. The van der Waals surface area contributed by atoms with Gasteiger partial charge < -0.3 is 15.2 Å². The van der Waals surface area contributed by atoms with Crippen molar-refractivity contribution in [1.82, 2.24) is 0 Å². The van der Waals surface area contributed by atoms with E-state index >= 15 is 0 Å². The highest BCUT2D eigenvalue weighted by Crippen LogP contribution is 2.40. The van der Waals surface area contributed by atoms with Gasteiger partial charge in [0.1, 0.15) is 17.2 Å². The summed E-state index contributed by atoms with van der Waals surface area (Å²) in [6.07, 6.45) is 0. The van der Waals surface area contributed by atoms with Crippen LogP contribution in [0.15, 0.2) is 59.8 Å². The molecule has 0 fully saturated rings. The quantitative estimate of drug-likeness (QED) is 0.540. The van der Waals surface area contributed by atoms with Gasteiger partial charge in [-0.05, 0) is 35.5 Å². The summed E-state index contributed by atoms with van der Waals surface area (Å²) in [5.41, 5.74) is 1.48. The third kappa shape index (κ3) is 2.44. The molecular weight excluding hydrogens is 280 g/mol. The van der Waals surface area contributed by atoms with Crippen molar-refractivity contribution >= 4 is 27.8 Å². The van der Waals surface area contributed by atoms with Crippen molar-refractivity contribution in [2.45, 2.75) is 0 Å². The van der Waals surface area contributed by atoms with Gasteiger partial charge in [0.15, 0.2) is 0 Å². The van der Waals surface area contributed by atoms with E-state index < -0.39 is 0 Å². The van der Waals surface area contributed by atoms with E-state index in [-0.39, 0.29) is 11.4 Å². The largest absolute Gasteiger partial charge is 0.505 e. The molecule has 0 unspecified atom stereocenters. The van der Waals surface area contributed by atoms with E-state index in [9.17, 15) is 10.0 Å². The third-order valence-corrected chi connectivity index (χ3v) is 3.46. The van der Waals surface area contributed by atoms with Gasteiger partial charge in [-0.3, -0.25) is 0 Å².